The molecule has 5 nitrogen and oxygen atoms in total. The number of hydrogen-bond acceptors (Lipinski definition) is 4. The van der Waals surface area contributed by atoms with Crippen LogP contribution in [0.2, 0.25) is 0 Å². The molecule has 0 aliphatic heterocycles. The number of rotatable bonds is 7. The first-order valence-corrected chi connectivity index (χ1v) is 19.9. The maximum absolute atomic E-state index is 6.53. The molecule has 0 fully saturated rings. The third-order valence-corrected chi connectivity index (χ3v) is 11.5. The third-order valence-electron chi connectivity index (χ3n) is 11.5. The van der Waals surface area contributed by atoms with Crippen LogP contribution in [-0.4, -0.2) is 4.57 Å². The van der Waals surface area contributed by atoms with Crippen molar-refractivity contribution in [1.82, 2.24) is 4.57 Å². The van der Waals surface area contributed by atoms with Gasteiger partial charge in [0.1, 0.15) is 22.3 Å². The molecule has 59 heavy (non-hydrogen) atoms. The van der Waals surface area contributed by atoms with Gasteiger partial charge in [-0.15, -0.1) is 0 Å². The number of anilines is 6. The first-order valence-electron chi connectivity index (χ1n) is 19.9. The summed E-state index contributed by atoms with van der Waals surface area (Å²) >= 11 is 0. The predicted octanol–water partition coefficient (Wildman–Crippen LogP) is 15.5. The average Bonchev–Trinajstić information content (AvgIpc) is 3.98. The van der Waals surface area contributed by atoms with Crippen LogP contribution in [0.15, 0.2) is 221 Å². The van der Waals surface area contributed by atoms with Gasteiger partial charge in [-0.3, -0.25) is 0 Å². The van der Waals surface area contributed by atoms with Crippen LogP contribution in [0.25, 0.3) is 71.4 Å². The maximum Gasteiger partial charge on any atom is 0.137 e. The van der Waals surface area contributed by atoms with Crippen molar-refractivity contribution in [3.63, 3.8) is 0 Å². The molecular formula is C54H35N3O2. The molecule has 0 unspecified atom stereocenters. The summed E-state index contributed by atoms with van der Waals surface area (Å²) in [5, 5.41) is 6.57. The Labute approximate surface area is 339 Å². The summed E-state index contributed by atoms with van der Waals surface area (Å²) in [4.78, 5) is 4.81. The van der Waals surface area contributed by atoms with Crippen molar-refractivity contribution >= 4 is 99.8 Å². The minimum atomic E-state index is 0.841. The molecule has 5 heteroatoms. The third kappa shape index (κ3) is 5.18. The lowest BCUT2D eigenvalue weighted by Crippen LogP contribution is -2.14. The number of benzene rings is 9. The van der Waals surface area contributed by atoms with E-state index in [-0.39, 0.29) is 0 Å². The fourth-order valence-corrected chi connectivity index (χ4v) is 9.09. The Hall–Kier alpha value is -8.02. The number of aromatic nitrogens is 1. The van der Waals surface area contributed by atoms with E-state index < -0.39 is 0 Å². The first-order chi connectivity index (χ1) is 29.3. The molecule has 12 aromatic rings. The zero-order valence-corrected chi connectivity index (χ0v) is 31.9. The smallest absolute Gasteiger partial charge is 0.137 e. The van der Waals surface area contributed by atoms with E-state index in [2.05, 4.69) is 208 Å². The summed E-state index contributed by atoms with van der Waals surface area (Å²) in [6.45, 7) is 0. The summed E-state index contributed by atoms with van der Waals surface area (Å²) in [6.07, 6.45) is 0. The minimum absolute atomic E-state index is 0.841. The van der Waals surface area contributed by atoms with E-state index in [1.165, 1.54) is 0 Å². The highest BCUT2D eigenvalue weighted by molar-refractivity contribution is 6.21. The topological polar surface area (TPSA) is 37.7 Å². The zero-order valence-electron chi connectivity index (χ0n) is 31.9. The fraction of sp³-hybridized carbons (Fsp3) is 0. The van der Waals surface area contributed by atoms with Crippen molar-refractivity contribution in [2.75, 3.05) is 9.80 Å². The predicted molar refractivity (Wildman–Crippen MR) is 245 cm³/mol. The van der Waals surface area contributed by atoms with Gasteiger partial charge in [-0.05, 0) is 91.0 Å². The van der Waals surface area contributed by atoms with Gasteiger partial charge >= 0.3 is 0 Å². The molecule has 0 atom stereocenters. The van der Waals surface area contributed by atoms with E-state index in [0.717, 1.165) is 105 Å². The van der Waals surface area contributed by atoms with Gasteiger partial charge in [0.05, 0.1) is 44.6 Å². The summed E-state index contributed by atoms with van der Waals surface area (Å²) in [6, 6.07) is 75.0. The minimum Gasteiger partial charge on any atom is -0.456 e. The van der Waals surface area contributed by atoms with Crippen molar-refractivity contribution in [3.8, 4) is 5.69 Å². The largest absolute Gasteiger partial charge is 0.456 e. The molecule has 278 valence electrons. The van der Waals surface area contributed by atoms with Crippen LogP contribution in [0.1, 0.15) is 0 Å². The Bertz CT molecular complexity index is 3510. The second-order valence-electron chi connectivity index (χ2n) is 14.9. The molecule has 3 aromatic heterocycles. The normalized spacial score (nSPS) is 11.7. The highest BCUT2D eigenvalue weighted by Crippen LogP contribution is 2.51. The summed E-state index contributed by atoms with van der Waals surface area (Å²) in [5.41, 5.74) is 12.9. The zero-order chi connectivity index (χ0) is 38.9. The molecular weight excluding hydrogens is 723 g/mol. The molecule has 0 aliphatic rings. The van der Waals surface area contributed by atoms with Crippen LogP contribution < -0.4 is 9.80 Å². The lowest BCUT2D eigenvalue weighted by atomic mass is 10.0. The van der Waals surface area contributed by atoms with Gasteiger partial charge in [0.15, 0.2) is 0 Å². The molecule has 3 heterocycles. The highest BCUT2D eigenvalue weighted by atomic mass is 16.3. The van der Waals surface area contributed by atoms with Crippen molar-refractivity contribution in [2.24, 2.45) is 0 Å². The van der Waals surface area contributed by atoms with Gasteiger partial charge in [-0.2, -0.15) is 0 Å². The van der Waals surface area contributed by atoms with Gasteiger partial charge in [0, 0.05) is 38.6 Å². The maximum atomic E-state index is 6.53. The Morgan fingerprint density at radius 1 is 0.305 bits per heavy atom. The second kappa shape index (κ2) is 13.3. The standard InChI is InChI=1S/C54H35N3O2/c1-4-18-36(19-5-1)55(44-28-16-32-50-53(44)41-25-11-14-30-48(41)58-50)39-34-46-52(40-24-10-13-27-43(40)56(46)37-20-6-2-7-21-37)47(35-39)57(38-22-8-3-9-23-38)45-29-17-33-51-54(45)42-26-12-15-31-49(42)59-51/h1-35H. The van der Waals surface area contributed by atoms with Crippen LogP contribution >= 0.6 is 0 Å². The molecule has 0 amide bonds. The molecule has 9 aromatic carbocycles. The van der Waals surface area contributed by atoms with Gasteiger partial charge in [0.25, 0.3) is 0 Å². The molecule has 12 rings (SSSR count). The van der Waals surface area contributed by atoms with E-state index in [9.17, 15) is 0 Å². The molecule has 0 saturated carbocycles. The monoisotopic (exact) mass is 757 g/mol. The molecule has 0 bridgehead atoms. The van der Waals surface area contributed by atoms with Crippen LogP contribution in [0.4, 0.5) is 34.1 Å². The highest BCUT2D eigenvalue weighted by Gasteiger charge is 2.27. The van der Waals surface area contributed by atoms with E-state index >= 15 is 0 Å². The molecule has 0 aliphatic carbocycles. The van der Waals surface area contributed by atoms with Crippen LogP contribution in [0.5, 0.6) is 0 Å². The van der Waals surface area contributed by atoms with Crippen molar-refractivity contribution < 1.29 is 8.83 Å². The molecule has 0 N–H and O–H groups in total. The van der Waals surface area contributed by atoms with Gasteiger partial charge in [0.2, 0.25) is 0 Å². The molecule has 0 saturated heterocycles. The number of furan rings is 2. The summed E-state index contributed by atoms with van der Waals surface area (Å²) in [7, 11) is 0. The number of nitrogens with zero attached hydrogens (tertiary/aromatic N) is 3. The number of hydrogen-bond donors (Lipinski definition) is 0. The van der Waals surface area contributed by atoms with E-state index in [1.54, 1.807) is 0 Å². The van der Waals surface area contributed by atoms with Crippen LogP contribution in [-0.2, 0) is 0 Å². The average molecular weight is 758 g/mol. The number of fused-ring (bicyclic) bond motifs is 9. The summed E-state index contributed by atoms with van der Waals surface area (Å²) in [5.74, 6) is 0. The first kappa shape index (κ1) is 33.2. The van der Waals surface area contributed by atoms with Crippen LogP contribution in [0, 0.1) is 0 Å². The second-order valence-corrected chi connectivity index (χ2v) is 14.9. The van der Waals surface area contributed by atoms with Crippen molar-refractivity contribution in [2.45, 2.75) is 0 Å². The SMILES string of the molecule is c1ccc(N(c2cc(N(c3ccccc3)c3cccc4oc5ccccc5c34)c3c4ccccc4n(-c4ccccc4)c3c2)c2cccc3oc4ccccc4c23)cc1. The quantitative estimate of drug-likeness (QED) is 0.162. The Morgan fingerprint density at radius 3 is 1.39 bits per heavy atom. The van der Waals surface area contributed by atoms with Crippen molar-refractivity contribution in [1.29, 1.82) is 0 Å². The van der Waals surface area contributed by atoms with Gasteiger partial charge in [-0.1, -0.05) is 121 Å². The van der Waals surface area contributed by atoms with Gasteiger partial charge < -0.3 is 23.2 Å². The van der Waals surface area contributed by atoms with E-state index in [4.69, 9.17) is 8.83 Å². The fourth-order valence-electron chi connectivity index (χ4n) is 9.09. The lowest BCUT2D eigenvalue weighted by Gasteiger charge is -2.31. The van der Waals surface area contributed by atoms with Crippen molar-refractivity contribution in [3.05, 3.63) is 212 Å². The lowest BCUT2D eigenvalue weighted by molar-refractivity contribution is 0.668. The van der Waals surface area contributed by atoms with Gasteiger partial charge in [-0.25, -0.2) is 0 Å². The number of para-hydroxylation sites is 6. The Balaban J connectivity index is 1.26. The molecule has 0 radical (unpaired) electrons. The van der Waals surface area contributed by atoms with E-state index in [0.29, 0.717) is 0 Å². The Kier molecular flexibility index (Phi) is 7.47. The Morgan fingerprint density at radius 2 is 0.780 bits per heavy atom. The summed E-state index contributed by atoms with van der Waals surface area (Å²) < 4.78 is 15.4. The molecule has 0 spiro atoms. The van der Waals surface area contributed by atoms with Crippen LogP contribution in [0.3, 0.4) is 0 Å². The van der Waals surface area contributed by atoms with E-state index in [1.807, 2.05) is 18.2 Å².